The van der Waals surface area contributed by atoms with Crippen LogP contribution in [0.4, 0.5) is 15.3 Å². The summed E-state index contributed by atoms with van der Waals surface area (Å²) in [7, 11) is 0. The Morgan fingerprint density at radius 1 is 1.17 bits per heavy atom. The summed E-state index contributed by atoms with van der Waals surface area (Å²) in [4.78, 5) is 28.7. The van der Waals surface area contributed by atoms with E-state index in [1.165, 1.54) is 4.90 Å². The van der Waals surface area contributed by atoms with Crippen LogP contribution in [0.3, 0.4) is 0 Å². The molecule has 1 aliphatic rings. The molecule has 96 valence electrons. The number of carbonyl (C=O) groups is 2. The number of urea groups is 1. The number of hydroxylamine groups is 2. The van der Waals surface area contributed by atoms with Crippen molar-refractivity contribution in [3.63, 3.8) is 0 Å². The topological polar surface area (TPSA) is 70.1 Å². The first kappa shape index (κ1) is 12.2. The van der Waals surface area contributed by atoms with E-state index in [-0.39, 0.29) is 6.54 Å². The molecule has 1 N–H and O–H groups in total. The highest BCUT2D eigenvalue weighted by Crippen LogP contribution is 2.19. The van der Waals surface area contributed by atoms with Gasteiger partial charge in [0.2, 0.25) is 0 Å². The maximum Gasteiger partial charge on any atom is 0.531 e. The molecule has 0 spiro atoms. The average molecular weight is 250 g/mol. The Bertz CT molecular complexity index is 435. The zero-order chi connectivity index (χ0) is 13.0. The lowest BCUT2D eigenvalue weighted by molar-refractivity contribution is -0.0773. The van der Waals surface area contributed by atoms with E-state index in [1.807, 2.05) is 30.3 Å². The van der Waals surface area contributed by atoms with Crippen LogP contribution in [0.1, 0.15) is 12.8 Å². The SMILES string of the molecule is O=C(O)ON1CCCCN(c2ccccc2)C1=O. The fourth-order valence-electron chi connectivity index (χ4n) is 1.88. The molecule has 6 nitrogen and oxygen atoms in total. The standard InChI is InChI=1S/C12H14N2O4/c15-11-13(10-6-2-1-3-7-10)8-4-5-9-14(11)18-12(16)17/h1-3,6-7H,4-5,8-9H2,(H,16,17). The molecule has 1 aromatic rings. The molecular weight excluding hydrogens is 236 g/mol. The van der Waals surface area contributed by atoms with Gasteiger partial charge in [0.1, 0.15) is 0 Å². The monoisotopic (exact) mass is 250 g/mol. The Morgan fingerprint density at radius 2 is 1.83 bits per heavy atom. The van der Waals surface area contributed by atoms with Gasteiger partial charge in [-0.2, -0.15) is 0 Å². The van der Waals surface area contributed by atoms with Crippen LogP contribution in [-0.2, 0) is 4.84 Å². The van der Waals surface area contributed by atoms with Crippen molar-refractivity contribution in [2.75, 3.05) is 18.0 Å². The van der Waals surface area contributed by atoms with E-state index in [0.717, 1.165) is 17.2 Å². The second-order valence-corrected chi connectivity index (χ2v) is 3.94. The second-order valence-electron chi connectivity index (χ2n) is 3.94. The molecule has 1 heterocycles. The molecule has 0 aliphatic carbocycles. The van der Waals surface area contributed by atoms with E-state index >= 15 is 0 Å². The molecule has 1 saturated heterocycles. The molecule has 1 aromatic carbocycles. The van der Waals surface area contributed by atoms with Crippen molar-refractivity contribution in [2.24, 2.45) is 0 Å². The van der Waals surface area contributed by atoms with Gasteiger partial charge in [-0.1, -0.05) is 18.2 Å². The highest BCUT2D eigenvalue weighted by molar-refractivity contribution is 5.92. The second kappa shape index (κ2) is 5.39. The average Bonchev–Trinajstić information content (AvgIpc) is 2.53. The maximum atomic E-state index is 12.1. The first-order chi connectivity index (χ1) is 8.68. The molecule has 0 saturated carbocycles. The van der Waals surface area contributed by atoms with Crippen LogP contribution < -0.4 is 4.90 Å². The van der Waals surface area contributed by atoms with E-state index < -0.39 is 12.2 Å². The molecule has 1 fully saturated rings. The van der Waals surface area contributed by atoms with Crippen molar-refractivity contribution in [2.45, 2.75) is 12.8 Å². The van der Waals surface area contributed by atoms with Gasteiger partial charge < -0.3 is 9.94 Å². The number of anilines is 1. The van der Waals surface area contributed by atoms with Gasteiger partial charge in [-0.3, -0.25) is 4.90 Å². The first-order valence-electron chi connectivity index (χ1n) is 5.73. The van der Waals surface area contributed by atoms with Gasteiger partial charge >= 0.3 is 12.2 Å². The summed E-state index contributed by atoms with van der Waals surface area (Å²) in [6.45, 7) is 0.844. The number of rotatable bonds is 2. The normalized spacial score (nSPS) is 16.3. The van der Waals surface area contributed by atoms with E-state index in [9.17, 15) is 9.59 Å². The smallest absolute Gasteiger partial charge is 0.448 e. The number of benzene rings is 1. The fraction of sp³-hybridized carbons (Fsp3) is 0.333. The minimum absolute atomic E-state index is 0.286. The minimum Gasteiger partial charge on any atom is -0.448 e. The highest BCUT2D eigenvalue weighted by atomic mass is 16.8. The van der Waals surface area contributed by atoms with E-state index in [2.05, 4.69) is 4.84 Å². The quantitative estimate of drug-likeness (QED) is 0.874. The number of para-hydroxylation sites is 1. The molecule has 1 aliphatic heterocycles. The van der Waals surface area contributed by atoms with Crippen molar-refractivity contribution in [1.82, 2.24) is 5.06 Å². The van der Waals surface area contributed by atoms with Crippen LogP contribution in [0.25, 0.3) is 0 Å². The molecule has 2 amide bonds. The lowest BCUT2D eigenvalue weighted by Crippen LogP contribution is -2.42. The Balaban J connectivity index is 2.19. The Morgan fingerprint density at radius 3 is 2.50 bits per heavy atom. The van der Waals surface area contributed by atoms with Crippen molar-refractivity contribution >= 4 is 17.9 Å². The predicted molar refractivity (Wildman–Crippen MR) is 64.2 cm³/mol. The molecule has 18 heavy (non-hydrogen) atoms. The van der Waals surface area contributed by atoms with E-state index in [1.54, 1.807) is 0 Å². The van der Waals surface area contributed by atoms with Crippen LogP contribution in [0.2, 0.25) is 0 Å². The third-order valence-corrected chi connectivity index (χ3v) is 2.69. The summed E-state index contributed by atoms with van der Waals surface area (Å²) >= 11 is 0. The number of amides is 2. The van der Waals surface area contributed by atoms with Crippen LogP contribution in [-0.4, -0.2) is 35.4 Å². The molecule has 0 radical (unpaired) electrons. The van der Waals surface area contributed by atoms with Gasteiger partial charge in [0.25, 0.3) is 0 Å². The number of hydrogen-bond donors (Lipinski definition) is 1. The number of nitrogens with zero attached hydrogens (tertiary/aromatic N) is 2. The summed E-state index contributed by atoms with van der Waals surface area (Å²) in [5.41, 5.74) is 0.739. The Hall–Kier alpha value is -2.24. The van der Waals surface area contributed by atoms with Gasteiger partial charge in [-0.15, -0.1) is 5.06 Å². The van der Waals surface area contributed by atoms with Gasteiger partial charge in [-0.05, 0) is 25.0 Å². The van der Waals surface area contributed by atoms with Crippen molar-refractivity contribution in [3.8, 4) is 0 Å². The summed E-state index contributed by atoms with van der Waals surface area (Å²) in [6, 6.07) is 8.69. The van der Waals surface area contributed by atoms with Gasteiger partial charge in [0.15, 0.2) is 0 Å². The third kappa shape index (κ3) is 2.71. The molecule has 0 bridgehead atoms. The van der Waals surface area contributed by atoms with Crippen molar-refractivity contribution < 1.29 is 19.5 Å². The van der Waals surface area contributed by atoms with Crippen molar-refractivity contribution in [1.29, 1.82) is 0 Å². The third-order valence-electron chi connectivity index (χ3n) is 2.69. The van der Waals surface area contributed by atoms with Crippen molar-refractivity contribution in [3.05, 3.63) is 30.3 Å². The maximum absolute atomic E-state index is 12.1. The van der Waals surface area contributed by atoms with Crippen LogP contribution in [0.5, 0.6) is 0 Å². The Labute approximate surface area is 104 Å². The van der Waals surface area contributed by atoms with Gasteiger partial charge in [0.05, 0.1) is 6.54 Å². The molecule has 0 atom stereocenters. The zero-order valence-corrected chi connectivity index (χ0v) is 9.78. The predicted octanol–water partition coefficient (Wildman–Crippen LogP) is 2.32. The summed E-state index contributed by atoms with van der Waals surface area (Å²) in [6.07, 6.45) is 0.0425. The fourth-order valence-corrected chi connectivity index (χ4v) is 1.88. The van der Waals surface area contributed by atoms with E-state index in [0.29, 0.717) is 13.0 Å². The van der Waals surface area contributed by atoms with Crippen LogP contribution in [0, 0.1) is 0 Å². The number of carboxylic acid groups (broad SMARTS) is 1. The minimum atomic E-state index is -1.47. The molecule has 0 unspecified atom stereocenters. The first-order valence-corrected chi connectivity index (χ1v) is 5.73. The molecule has 2 rings (SSSR count). The number of hydrogen-bond acceptors (Lipinski definition) is 3. The zero-order valence-electron chi connectivity index (χ0n) is 9.78. The lowest BCUT2D eigenvalue weighted by atomic mass is 10.2. The van der Waals surface area contributed by atoms with Gasteiger partial charge in [0, 0.05) is 12.2 Å². The molecule has 0 aromatic heterocycles. The number of carbonyl (C=O) groups excluding carboxylic acids is 1. The molecular formula is C12H14N2O4. The summed E-state index contributed by atoms with van der Waals surface area (Å²) in [5, 5.41) is 9.49. The largest absolute Gasteiger partial charge is 0.531 e. The lowest BCUT2D eigenvalue weighted by Gasteiger charge is -2.25. The van der Waals surface area contributed by atoms with E-state index in [4.69, 9.17) is 5.11 Å². The van der Waals surface area contributed by atoms with Gasteiger partial charge in [-0.25, -0.2) is 9.59 Å². The van der Waals surface area contributed by atoms with Crippen LogP contribution in [0.15, 0.2) is 30.3 Å². The molecule has 6 heteroatoms. The summed E-state index contributed by atoms with van der Waals surface area (Å²) < 4.78 is 0. The van der Waals surface area contributed by atoms with Crippen LogP contribution >= 0.6 is 0 Å². The highest BCUT2D eigenvalue weighted by Gasteiger charge is 2.27. The summed E-state index contributed by atoms with van der Waals surface area (Å²) in [5.74, 6) is 0. The Kier molecular flexibility index (Phi) is 3.66.